The van der Waals surface area contributed by atoms with Gasteiger partial charge in [-0.15, -0.1) is 0 Å². The Kier molecular flexibility index (Phi) is 1.83. The minimum atomic E-state index is 0.261. The second-order valence-electron chi connectivity index (χ2n) is 3.76. The molecule has 5 nitrogen and oxygen atoms in total. The molecule has 0 radical (unpaired) electrons. The van der Waals surface area contributed by atoms with Crippen molar-refractivity contribution in [2.75, 3.05) is 18.0 Å². The van der Waals surface area contributed by atoms with Crippen LogP contribution in [0.3, 0.4) is 0 Å². The van der Waals surface area contributed by atoms with Crippen LogP contribution in [0.5, 0.6) is 0 Å². The number of pyridine rings is 1. The Hall–Kier alpha value is -1.33. The fourth-order valence-electron chi connectivity index (χ4n) is 1.80. The molecule has 2 aromatic heterocycles. The number of fused-ring (bicyclic) bond motifs is 1. The number of anilines is 1. The number of nitrogens with two attached hydrogens (primary N) is 1. The molecule has 6 heteroatoms. The summed E-state index contributed by atoms with van der Waals surface area (Å²) in [4.78, 5) is 6.17. The van der Waals surface area contributed by atoms with Gasteiger partial charge in [-0.25, -0.2) is 4.98 Å². The van der Waals surface area contributed by atoms with Crippen molar-refractivity contribution < 1.29 is 0 Å². The van der Waals surface area contributed by atoms with E-state index in [1.165, 1.54) is 0 Å². The maximum atomic E-state index is 5.79. The van der Waals surface area contributed by atoms with Crippen LogP contribution in [-0.4, -0.2) is 34.3 Å². The minimum Gasteiger partial charge on any atom is -0.351 e. The van der Waals surface area contributed by atoms with Crippen molar-refractivity contribution in [2.45, 2.75) is 6.04 Å². The molecule has 0 aliphatic carbocycles. The van der Waals surface area contributed by atoms with E-state index in [0.717, 1.165) is 29.8 Å². The number of hydrogen-bond donors (Lipinski definition) is 2. The summed E-state index contributed by atoms with van der Waals surface area (Å²) < 4.78 is 0. The molecule has 1 aliphatic rings. The molecule has 1 saturated heterocycles. The summed E-state index contributed by atoms with van der Waals surface area (Å²) in [5, 5.41) is 8.64. The smallest absolute Gasteiger partial charge is 0.159 e. The van der Waals surface area contributed by atoms with Gasteiger partial charge in [0.25, 0.3) is 0 Å². The summed E-state index contributed by atoms with van der Waals surface area (Å²) in [6.07, 6.45) is 1.74. The van der Waals surface area contributed by atoms with Gasteiger partial charge in [0.1, 0.15) is 5.15 Å². The van der Waals surface area contributed by atoms with Gasteiger partial charge in [-0.05, 0) is 0 Å². The Morgan fingerprint density at radius 3 is 3.07 bits per heavy atom. The number of nitrogens with one attached hydrogen (secondary N) is 1. The Labute approximate surface area is 91.2 Å². The number of H-pyrrole nitrogens is 1. The highest BCUT2D eigenvalue weighted by atomic mass is 35.5. The van der Waals surface area contributed by atoms with Gasteiger partial charge in [0.05, 0.1) is 10.9 Å². The molecule has 3 N–H and O–H groups in total. The topological polar surface area (TPSA) is 70.8 Å². The van der Waals surface area contributed by atoms with Crippen molar-refractivity contribution in [1.82, 2.24) is 15.2 Å². The molecule has 0 unspecified atom stereocenters. The lowest BCUT2D eigenvalue weighted by Crippen LogP contribution is -2.56. The summed E-state index contributed by atoms with van der Waals surface area (Å²) >= 11 is 5.79. The standard InChI is InChI=1S/C9H10ClN5/c10-8-1-7-6(2-12-8)9(14-13-7)15-3-5(11)4-15/h1-2,5H,3-4,11H2,(H,13,14). The molecule has 0 spiro atoms. The first-order valence-electron chi connectivity index (χ1n) is 4.74. The van der Waals surface area contributed by atoms with Crippen molar-refractivity contribution in [1.29, 1.82) is 0 Å². The van der Waals surface area contributed by atoms with Crippen molar-refractivity contribution in [3.8, 4) is 0 Å². The van der Waals surface area contributed by atoms with Crippen LogP contribution in [-0.2, 0) is 0 Å². The maximum absolute atomic E-state index is 5.79. The fourth-order valence-corrected chi connectivity index (χ4v) is 1.96. The first-order valence-corrected chi connectivity index (χ1v) is 5.12. The molecule has 0 atom stereocenters. The SMILES string of the molecule is NC1CN(c2n[nH]c3cc(Cl)ncc23)C1. The van der Waals surface area contributed by atoms with Gasteiger partial charge in [-0.3, -0.25) is 5.10 Å². The Morgan fingerprint density at radius 1 is 1.53 bits per heavy atom. The first kappa shape index (κ1) is 8.94. The molecule has 78 valence electrons. The molecule has 0 aromatic carbocycles. The predicted octanol–water partition coefficient (Wildman–Crippen LogP) is 0.759. The highest BCUT2D eigenvalue weighted by Crippen LogP contribution is 2.27. The van der Waals surface area contributed by atoms with Crippen LogP contribution < -0.4 is 10.6 Å². The molecular weight excluding hydrogens is 214 g/mol. The van der Waals surface area contributed by atoms with Crippen LogP contribution in [0.1, 0.15) is 0 Å². The molecule has 15 heavy (non-hydrogen) atoms. The van der Waals surface area contributed by atoms with Crippen LogP contribution in [0.25, 0.3) is 10.9 Å². The first-order chi connectivity index (χ1) is 7.24. The lowest BCUT2D eigenvalue weighted by Gasteiger charge is -2.37. The van der Waals surface area contributed by atoms with Gasteiger partial charge in [0, 0.05) is 31.4 Å². The van der Waals surface area contributed by atoms with E-state index in [0.29, 0.717) is 5.15 Å². The van der Waals surface area contributed by atoms with E-state index < -0.39 is 0 Å². The number of halogens is 1. The number of rotatable bonds is 1. The summed E-state index contributed by atoms with van der Waals surface area (Å²) in [7, 11) is 0. The van der Waals surface area contributed by atoms with Gasteiger partial charge < -0.3 is 10.6 Å². The lowest BCUT2D eigenvalue weighted by atomic mass is 10.1. The summed E-state index contributed by atoms with van der Waals surface area (Å²) in [6.45, 7) is 1.70. The fraction of sp³-hybridized carbons (Fsp3) is 0.333. The Bertz CT molecular complexity index is 502. The number of aromatic amines is 1. The second kappa shape index (κ2) is 3.08. The van der Waals surface area contributed by atoms with E-state index in [1.54, 1.807) is 12.3 Å². The zero-order chi connectivity index (χ0) is 10.4. The van der Waals surface area contributed by atoms with E-state index >= 15 is 0 Å². The molecule has 0 saturated carbocycles. The molecule has 2 aromatic rings. The number of hydrogen-bond acceptors (Lipinski definition) is 4. The summed E-state index contributed by atoms with van der Waals surface area (Å²) in [5.74, 6) is 0.913. The van der Waals surface area contributed by atoms with E-state index in [9.17, 15) is 0 Å². The highest BCUT2D eigenvalue weighted by Gasteiger charge is 2.26. The second-order valence-corrected chi connectivity index (χ2v) is 4.15. The third kappa shape index (κ3) is 1.35. The largest absolute Gasteiger partial charge is 0.351 e. The third-order valence-electron chi connectivity index (χ3n) is 2.60. The number of aromatic nitrogens is 3. The van der Waals surface area contributed by atoms with Crippen LogP contribution in [0, 0.1) is 0 Å². The van der Waals surface area contributed by atoms with Gasteiger partial charge in [-0.2, -0.15) is 5.10 Å². The summed E-state index contributed by atoms with van der Waals surface area (Å²) in [6, 6.07) is 2.03. The zero-order valence-electron chi connectivity index (χ0n) is 7.94. The number of nitrogens with zero attached hydrogens (tertiary/aromatic N) is 3. The minimum absolute atomic E-state index is 0.261. The van der Waals surface area contributed by atoms with E-state index in [4.69, 9.17) is 17.3 Å². The summed E-state index contributed by atoms with van der Waals surface area (Å²) in [5.41, 5.74) is 6.63. The van der Waals surface area contributed by atoms with Gasteiger partial charge >= 0.3 is 0 Å². The highest BCUT2D eigenvalue weighted by molar-refractivity contribution is 6.30. The Morgan fingerprint density at radius 2 is 2.33 bits per heavy atom. The predicted molar refractivity (Wildman–Crippen MR) is 59.1 cm³/mol. The van der Waals surface area contributed by atoms with Crippen LogP contribution in [0.2, 0.25) is 5.15 Å². The molecule has 1 aliphatic heterocycles. The monoisotopic (exact) mass is 223 g/mol. The van der Waals surface area contributed by atoms with Crippen LogP contribution in [0.15, 0.2) is 12.3 Å². The molecule has 0 amide bonds. The quantitative estimate of drug-likeness (QED) is 0.701. The zero-order valence-corrected chi connectivity index (χ0v) is 8.70. The van der Waals surface area contributed by atoms with E-state index in [1.807, 2.05) is 0 Å². The van der Waals surface area contributed by atoms with Crippen LogP contribution >= 0.6 is 11.6 Å². The maximum Gasteiger partial charge on any atom is 0.159 e. The van der Waals surface area contributed by atoms with Crippen molar-refractivity contribution >= 4 is 28.3 Å². The molecule has 1 fully saturated rings. The molecular formula is C9H10ClN5. The van der Waals surface area contributed by atoms with Crippen molar-refractivity contribution in [3.63, 3.8) is 0 Å². The van der Waals surface area contributed by atoms with Crippen molar-refractivity contribution in [3.05, 3.63) is 17.4 Å². The van der Waals surface area contributed by atoms with Gasteiger partial charge in [-0.1, -0.05) is 11.6 Å². The normalized spacial score (nSPS) is 17.1. The molecule has 0 bridgehead atoms. The van der Waals surface area contributed by atoms with E-state index in [-0.39, 0.29) is 6.04 Å². The average molecular weight is 224 g/mol. The molecule has 3 heterocycles. The van der Waals surface area contributed by atoms with Gasteiger partial charge in [0.2, 0.25) is 0 Å². The third-order valence-corrected chi connectivity index (χ3v) is 2.81. The van der Waals surface area contributed by atoms with E-state index in [2.05, 4.69) is 20.1 Å². The van der Waals surface area contributed by atoms with Crippen LogP contribution in [0.4, 0.5) is 5.82 Å². The lowest BCUT2D eigenvalue weighted by molar-refractivity contribution is 0.515. The average Bonchev–Trinajstić information content (AvgIpc) is 2.55. The van der Waals surface area contributed by atoms with Gasteiger partial charge in [0.15, 0.2) is 5.82 Å². The Balaban J connectivity index is 2.05. The van der Waals surface area contributed by atoms with Crippen molar-refractivity contribution in [2.24, 2.45) is 5.73 Å². The molecule has 3 rings (SSSR count).